The van der Waals surface area contributed by atoms with Crippen LogP contribution >= 0.6 is 0 Å². The van der Waals surface area contributed by atoms with Gasteiger partial charge in [-0.3, -0.25) is 14.4 Å². The third-order valence-electron chi connectivity index (χ3n) is 3.18. The predicted molar refractivity (Wildman–Crippen MR) is 74.3 cm³/mol. The first kappa shape index (κ1) is 14.0. The predicted octanol–water partition coefficient (Wildman–Crippen LogP) is 0.559. The third-order valence-corrected chi connectivity index (χ3v) is 3.18. The van der Waals surface area contributed by atoms with Crippen molar-refractivity contribution in [1.29, 1.82) is 0 Å². The lowest BCUT2D eigenvalue weighted by Gasteiger charge is -2.32. The smallest absolute Gasteiger partial charge is 0.254 e. The first-order valence-corrected chi connectivity index (χ1v) is 6.46. The minimum absolute atomic E-state index is 0.0808. The normalized spacial score (nSPS) is 14.8. The van der Waals surface area contributed by atoms with E-state index in [2.05, 4.69) is 5.32 Å². The van der Waals surface area contributed by atoms with Gasteiger partial charge in [-0.1, -0.05) is 6.07 Å². The molecule has 1 fully saturated rings. The molecule has 1 aromatic rings. The second-order valence-electron chi connectivity index (χ2n) is 4.70. The number of piperazine rings is 1. The molecule has 0 radical (unpaired) electrons. The Kier molecular flexibility index (Phi) is 4.34. The second kappa shape index (κ2) is 6.18. The molecule has 0 aromatic heterocycles. The SMILES string of the molecule is CC(=O)Nc1cccc(C(=O)N2CCN(C=O)CC2)c1. The standard InChI is InChI=1S/C14H17N3O3/c1-11(19)15-13-4-2-3-12(9-13)14(20)17-7-5-16(10-18)6-8-17/h2-4,9-10H,5-8H2,1H3,(H,15,19). The van der Waals surface area contributed by atoms with Crippen molar-refractivity contribution < 1.29 is 14.4 Å². The summed E-state index contributed by atoms with van der Waals surface area (Å²) in [6, 6.07) is 6.86. The molecule has 0 spiro atoms. The second-order valence-corrected chi connectivity index (χ2v) is 4.70. The van der Waals surface area contributed by atoms with Crippen LogP contribution in [0, 0.1) is 0 Å². The summed E-state index contributed by atoms with van der Waals surface area (Å²) in [6.07, 6.45) is 0.805. The molecule has 0 unspecified atom stereocenters. The topological polar surface area (TPSA) is 69.7 Å². The molecule has 20 heavy (non-hydrogen) atoms. The summed E-state index contributed by atoms with van der Waals surface area (Å²) in [5.41, 5.74) is 1.14. The Morgan fingerprint density at radius 2 is 1.90 bits per heavy atom. The zero-order valence-corrected chi connectivity index (χ0v) is 11.3. The summed E-state index contributed by atoms with van der Waals surface area (Å²) in [7, 11) is 0. The molecule has 2 rings (SSSR count). The average Bonchev–Trinajstić information content (AvgIpc) is 2.46. The number of hydrogen-bond donors (Lipinski definition) is 1. The number of anilines is 1. The maximum Gasteiger partial charge on any atom is 0.254 e. The number of nitrogens with one attached hydrogen (secondary N) is 1. The minimum Gasteiger partial charge on any atom is -0.342 e. The van der Waals surface area contributed by atoms with Gasteiger partial charge in [-0.05, 0) is 18.2 Å². The van der Waals surface area contributed by atoms with Gasteiger partial charge in [0.15, 0.2) is 0 Å². The Morgan fingerprint density at radius 3 is 2.50 bits per heavy atom. The maximum absolute atomic E-state index is 12.3. The van der Waals surface area contributed by atoms with Crippen LogP contribution in [-0.4, -0.2) is 54.2 Å². The Balaban J connectivity index is 2.05. The summed E-state index contributed by atoms with van der Waals surface area (Å²) in [5.74, 6) is -0.253. The molecule has 1 heterocycles. The lowest BCUT2D eigenvalue weighted by atomic mass is 10.1. The number of amides is 3. The zero-order valence-electron chi connectivity index (χ0n) is 11.3. The average molecular weight is 275 g/mol. The fourth-order valence-electron chi connectivity index (χ4n) is 2.15. The molecule has 1 aliphatic rings. The highest BCUT2D eigenvalue weighted by Gasteiger charge is 2.21. The quantitative estimate of drug-likeness (QED) is 0.819. The van der Waals surface area contributed by atoms with Gasteiger partial charge in [-0.25, -0.2) is 0 Å². The van der Waals surface area contributed by atoms with Crippen LogP contribution < -0.4 is 5.32 Å². The number of hydrogen-bond acceptors (Lipinski definition) is 3. The van der Waals surface area contributed by atoms with Crippen LogP contribution in [0.15, 0.2) is 24.3 Å². The van der Waals surface area contributed by atoms with Crippen LogP contribution in [0.2, 0.25) is 0 Å². The molecule has 1 aliphatic heterocycles. The molecule has 0 saturated carbocycles. The first-order valence-electron chi connectivity index (χ1n) is 6.46. The van der Waals surface area contributed by atoms with Gasteiger partial charge in [0.25, 0.3) is 5.91 Å². The van der Waals surface area contributed by atoms with Crippen molar-refractivity contribution in [3.63, 3.8) is 0 Å². The summed E-state index contributed by atoms with van der Waals surface area (Å²) in [6.45, 7) is 3.60. The van der Waals surface area contributed by atoms with Gasteiger partial charge in [0.2, 0.25) is 12.3 Å². The van der Waals surface area contributed by atoms with Crippen molar-refractivity contribution in [2.24, 2.45) is 0 Å². The van der Waals surface area contributed by atoms with Crippen molar-refractivity contribution >= 4 is 23.9 Å². The van der Waals surface area contributed by atoms with E-state index in [1.54, 1.807) is 34.1 Å². The van der Waals surface area contributed by atoms with E-state index in [0.29, 0.717) is 37.4 Å². The fourth-order valence-corrected chi connectivity index (χ4v) is 2.15. The molecule has 0 bridgehead atoms. The lowest BCUT2D eigenvalue weighted by Crippen LogP contribution is -2.48. The Morgan fingerprint density at radius 1 is 1.20 bits per heavy atom. The Labute approximate surface area is 117 Å². The summed E-state index contributed by atoms with van der Waals surface area (Å²) in [4.78, 5) is 37.4. The summed E-state index contributed by atoms with van der Waals surface area (Å²) in [5, 5.41) is 2.65. The van der Waals surface area contributed by atoms with Crippen LogP contribution in [0.25, 0.3) is 0 Å². The largest absolute Gasteiger partial charge is 0.342 e. The van der Waals surface area contributed by atoms with E-state index >= 15 is 0 Å². The van der Waals surface area contributed by atoms with Gasteiger partial charge < -0.3 is 15.1 Å². The monoisotopic (exact) mass is 275 g/mol. The fraction of sp³-hybridized carbons (Fsp3) is 0.357. The van der Waals surface area contributed by atoms with Gasteiger partial charge in [0, 0.05) is 44.4 Å². The summed E-state index contributed by atoms with van der Waals surface area (Å²) < 4.78 is 0. The Bertz CT molecular complexity index is 522. The minimum atomic E-state index is -0.172. The first-order chi connectivity index (χ1) is 9.60. The van der Waals surface area contributed by atoms with Gasteiger partial charge in [-0.2, -0.15) is 0 Å². The third kappa shape index (κ3) is 3.34. The van der Waals surface area contributed by atoms with Gasteiger partial charge >= 0.3 is 0 Å². The van der Waals surface area contributed by atoms with Gasteiger partial charge in [0.05, 0.1) is 0 Å². The molecular weight excluding hydrogens is 258 g/mol. The molecule has 1 saturated heterocycles. The zero-order chi connectivity index (χ0) is 14.5. The highest BCUT2D eigenvalue weighted by atomic mass is 16.2. The highest BCUT2D eigenvalue weighted by Crippen LogP contribution is 2.14. The summed E-state index contributed by atoms with van der Waals surface area (Å²) >= 11 is 0. The number of carbonyl (C=O) groups excluding carboxylic acids is 3. The van der Waals surface area contributed by atoms with E-state index < -0.39 is 0 Å². The van der Waals surface area contributed by atoms with Crippen molar-refractivity contribution in [2.75, 3.05) is 31.5 Å². The van der Waals surface area contributed by atoms with E-state index in [9.17, 15) is 14.4 Å². The van der Waals surface area contributed by atoms with Crippen LogP contribution in [0.5, 0.6) is 0 Å². The van der Waals surface area contributed by atoms with Crippen LogP contribution in [0.3, 0.4) is 0 Å². The number of benzene rings is 1. The molecule has 1 aromatic carbocycles. The van der Waals surface area contributed by atoms with E-state index in [-0.39, 0.29) is 11.8 Å². The van der Waals surface area contributed by atoms with Crippen molar-refractivity contribution in [2.45, 2.75) is 6.92 Å². The molecule has 1 N–H and O–H groups in total. The molecule has 0 atom stereocenters. The molecule has 106 valence electrons. The Hall–Kier alpha value is -2.37. The molecule has 6 nitrogen and oxygen atoms in total. The van der Waals surface area contributed by atoms with Crippen molar-refractivity contribution in [3.05, 3.63) is 29.8 Å². The van der Waals surface area contributed by atoms with Crippen LogP contribution in [0.4, 0.5) is 5.69 Å². The van der Waals surface area contributed by atoms with Crippen molar-refractivity contribution in [1.82, 2.24) is 9.80 Å². The van der Waals surface area contributed by atoms with Gasteiger partial charge in [0.1, 0.15) is 0 Å². The maximum atomic E-state index is 12.3. The molecule has 0 aliphatic carbocycles. The molecule has 6 heteroatoms. The number of carbonyl (C=O) groups is 3. The van der Waals surface area contributed by atoms with E-state index in [1.165, 1.54) is 6.92 Å². The van der Waals surface area contributed by atoms with E-state index in [1.807, 2.05) is 0 Å². The molecular formula is C14H17N3O3. The van der Waals surface area contributed by atoms with Crippen molar-refractivity contribution in [3.8, 4) is 0 Å². The number of nitrogens with zero attached hydrogens (tertiary/aromatic N) is 2. The van der Waals surface area contributed by atoms with Gasteiger partial charge in [-0.15, -0.1) is 0 Å². The highest BCUT2D eigenvalue weighted by molar-refractivity contribution is 5.96. The van der Waals surface area contributed by atoms with Crippen LogP contribution in [-0.2, 0) is 9.59 Å². The van der Waals surface area contributed by atoms with Crippen LogP contribution in [0.1, 0.15) is 17.3 Å². The van der Waals surface area contributed by atoms with E-state index in [4.69, 9.17) is 0 Å². The van der Waals surface area contributed by atoms with E-state index in [0.717, 1.165) is 6.41 Å². The number of rotatable bonds is 3. The lowest BCUT2D eigenvalue weighted by molar-refractivity contribution is -0.119. The molecule has 3 amide bonds.